The number of aromatic hydroxyl groups is 1. The molecule has 0 atom stereocenters. The van der Waals surface area contributed by atoms with Crippen molar-refractivity contribution in [1.82, 2.24) is 10.2 Å². The van der Waals surface area contributed by atoms with E-state index in [0.717, 1.165) is 16.8 Å². The molecular formula is C11H10N2O. The first-order valence-electron chi connectivity index (χ1n) is 4.35. The molecule has 0 spiro atoms. The third kappa shape index (κ3) is 1.57. The molecule has 2 rings (SSSR count). The van der Waals surface area contributed by atoms with Crippen molar-refractivity contribution in [2.24, 2.45) is 0 Å². The second-order valence-electron chi connectivity index (χ2n) is 3.11. The monoisotopic (exact) mass is 186 g/mol. The number of phenolic OH excluding ortho intramolecular Hbond substituents is 1. The molecule has 0 aliphatic carbocycles. The molecule has 1 heterocycles. The minimum absolute atomic E-state index is 0.285. The lowest BCUT2D eigenvalue weighted by atomic mass is 10.1. The van der Waals surface area contributed by atoms with Crippen LogP contribution in [0.5, 0.6) is 5.75 Å². The van der Waals surface area contributed by atoms with E-state index >= 15 is 0 Å². The average molecular weight is 186 g/mol. The summed E-state index contributed by atoms with van der Waals surface area (Å²) in [5.41, 5.74) is 2.50. The predicted molar refractivity (Wildman–Crippen MR) is 53.9 cm³/mol. The van der Waals surface area contributed by atoms with Crippen LogP contribution < -0.4 is 0 Å². The molecule has 1 aromatic carbocycles. The van der Waals surface area contributed by atoms with Gasteiger partial charge in [0.15, 0.2) is 0 Å². The van der Waals surface area contributed by atoms with Crippen LogP contribution in [0.15, 0.2) is 36.5 Å². The van der Waals surface area contributed by atoms with Gasteiger partial charge in [-0.25, -0.2) is 0 Å². The first-order chi connectivity index (χ1) is 6.77. The molecule has 0 amide bonds. The van der Waals surface area contributed by atoms with Crippen LogP contribution in [-0.2, 0) is 0 Å². The highest BCUT2D eigenvalue weighted by molar-refractivity contribution is 5.61. The second kappa shape index (κ2) is 3.46. The van der Waals surface area contributed by atoms with Crippen molar-refractivity contribution in [3.63, 3.8) is 0 Å². The zero-order valence-corrected chi connectivity index (χ0v) is 7.81. The lowest BCUT2D eigenvalue weighted by Crippen LogP contribution is -1.85. The number of nitrogens with zero attached hydrogens (tertiary/aromatic N) is 2. The van der Waals surface area contributed by atoms with Gasteiger partial charge in [-0.2, -0.15) is 10.2 Å². The molecule has 0 unspecified atom stereocenters. The Kier molecular flexibility index (Phi) is 2.14. The normalized spacial score (nSPS) is 10.1. The zero-order chi connectivity index (χ0) is 9.97. The highest BCUT2D eigenvalue weighted by atomic mass is 16.3. The third-order valence-electron chi connectivity index (χ3n) is 2.08. The fourth-order valence-electron chi connectivity index (χ4n) is 1.22. The molecule has 1 N–H and O–H groups in total. The Labute approximate surface area is 82.1 Å². The van der Waals surface area contributed by atoms with Crippen molar-refractivity contribution in [2.75, 3.05) is 0 Å². The van der Waals surface area contributed by atoms with Gasteiger partial charge in [0.25, 0.3) is 0 Å². The third-order valence-corrected chi connectivity index (χ3v) is 2.08. The summed E-state index contributed by atoms with van der Waals surface area (Å²) in [5, 5.41) is 17.3. The lowest BCUT2D eigenvalue weighted by Gasteiger charge is -2.02. The molecule has 70 valence electrons. The van der Waals surface area contributed by atoms with Crippen LogP contribution in [0.1, 0.15) is 5.56 Å². The van der Waals surface area contributed by atoms with Gasteiger partial charge in [-0.1, -0.05) is 12.1 Å². The van der Waals surface area contributed by atoms with E-state index in [9.17, 15) is 5.11 Å². The molecule has 1 aromatic heterocycles. The van der Waals surface area contributed by atoms with Crippen LogP contribution in [0, 0.1) is 6.92 Å². The molecule has 0 bridgehead atoms. The smallest absolute Gasteiger partial charge is 0.119 e. The second-order valence-corrected chi connectivity index (χ2v) is 3.11. The van der Waals surface area contributed by atoms with Crippen LogP contribution in [-0.4, -0.2) is 15.3 Å². The van der Waals surface area contributed by atoms with Crippen molar-refractivity contribution in [3.05, 3.63) is 42.1 Å². The molecular weight excluding hydrogens is 176 g/mol. The zero-order valence-electron chi connectivity index (χ0n) is 7.81. The Morgan fingerprint density at radius 3 is 2.71 bits per heavy atom. The molecule has 0 saturated carbocycles. The number of benzene rings is 1. The Hall–Kier alpha value is -1.90. The Morgan fingerprint density at radius 1 is 1.21 bits per heavy atom. The summed E-state index contributed by atoms with van der Waals surface area (Å²) in [7, 11) is 0. The van der Waals surface area contributed by atoms with Crippen LogP contribution in [0.3, 0.4) is 0 Å². The number of rotatable bonds is 1. The van der Waals surface area contributed by atoms with Crippen molar-refractivity contribution < 1.29 is 5.11 Å². The van der Waals surface area contributed by atoms with E-state index in [1.807, 2.05) is 31.2 Å². The maximum Gasteiger partial charge on any atom is 0.119 e. The molecule has 3 nitrogen and oxygen atoms in total. The first kappa shape index (κ1) is 8.69. The number of aromatic nitrogens is 2. The predicted octanol–water partition coefficient (Wildman–Crippen LogP) is 2.16. The SMILES string of the molecule is Cc1ccc(-c2cccnn2)cc1O. The largest absolute Gasteiger partial charge is 0.508 e. The molecule has 2 aromatic rings. The standard InChI is InChI=1S/C11H10N2O/c1-8-4-5-9(7-11(8)14)10-3-2-6-12-13-10/h2-7,14H,1H3. The van der Waals surface area contributed by atoms with Crippen LogP contribution >= 0.6 is 0 Å². The Morgan fingerprint density at radius 2 is 2.07 bits per heavy atom. The van der Waals surface area contributed by atoms with Crippen LogP contribution in [0.4, 0.5) is 0 Å². The molecule has 0 saturated heterocycles. The number of phenols is 1. The summed E-state index contributed by atoms with van der Waals surface area (Å²) < 4.78 is 0. The minimum atomic E-state index is 0.285. The van der Waals surface area contributed by atoms with E-state index in [-0.39, 0.29) is 5.75 Å². The van der Waals surface area contributed by atoms with Gasteiger partial charge >= 0.3 is 0 Å². The van der Waals surface area contributed by atoms with Crippen molar-refractivity contribution >= 4 is 0 Å². The van der Waals surface area contributed by atoms with Gasteiger partial charge in [-0.15, -0.1) is 0 Å². The first-order valence-corrected chi connectivity index (χ1v) is 4.35. The van der Waals surface area contributed by atoms with Crippen LogP contribution in [0.25, 0.3) is 11.3 Å². The number of hydrogen-bond acceptors (Lipinski definition) is 3. The molecule has 14 heavy (non-hydrogen) atoms. The van der Waals surface area contributed by atoms with Gasteiger partial charge in [0, 0.05) is 11.8 Å². The van der Waals surface area contributed by atoms with Gasteiger partial charge < -0.3 is 5.11 Å². The Balaban J connectivity index is 2.48. The highest BCUT2D eigenvalue weighted by Gasteiger charge is 2.01. The number of hydrogen-bond donors (Lipinski definition) is 1. The lowest BCUT2D eigenvalue weighted by molar-refractivity contribution is 0.471. The summed E-state index contributed by atoms with van der Waals surface area (Å²) in [6.07, 6.45) is 1.62. The molecule has 0 radical (unpaired) electrons. The van der Waals surface area contributed by atoms with Crippen molar-refractivity contribution in [1.29, 1.82) is 0 Å². The van der Waals surface area contributed by atoms with E-state index in [1.54, 1.807) is 12.3 Å². The van der Waals surface area contributed by atoms with Gasteiger partial charge in [-0.3, -0.25) is 0 Å². The van der Waals surface area contributed by atoms with E-state index in [1.165, 1.54) is 0 Å². The van der Waals surface area contributed by atoms with E-state index < -0.39 is 0 Å². The quantitative estimate of drug-likeness (QED) is 0.742. The van der Waals surface area contributed by atoms with Gasteiger partial charge in [0.05, 0.1) is 5.69 Å². The van der Waals surface area contributed by atoms with Crippen molar-refractivity contribution in [2.45, 2.75) is 6.92 Å². The molecule has 0 fully saturated rings. The topological polar surface area (TPSA) is 46.0 Å². The fraction of sp³-hybridized carbons (Fsp3) is 0.0909. The summed E-state index contributed by atoms with van der Waals surface area (Å²) in [6.45, 7) is 1.86. The molecule has 0 aliphatic rings. The summed E-state index contributed by atoms with van der Waals surface area (Å²) in [5.74, 6) is 0.285. The van der Waals surface area contributed by atoms with Crippen molar-refractivity contribution in [3.8, 4) is 17.0 Å². The molecule has 0 aliphatic heterocycles. The van der Waals surface area contributed by atoms with Gasteiger partial charge in [-0.05, 0) is 30.7 Å². The fourth-order valence-corrected chi connectivity index (χ4v) is 1.22. The Bertz CT molecular complexity index is 440. The summed E-state index contributed by atoms with van der Waals surface area (Å²) in [4.78, 5) is 0. The molecule has 3 heteroatoms. The summed E-state index contributed by atoms with van der Waals surface area (Å²) in [6, 6.07) is 9.15. The minimum Gasteiger partial charge on any atom is -0.508 e. The average Bonchev–Trinajstić information content (AvgIpc) is 2.23. The maximum absolute atomic E-state index is 9.51. The van der Waals surface area contributed by atoms with E-state index in [2.05, 4.69) is 10.2 Å². The van der Waals surface area contributed by atoms with Gasteiger partial charge in [0.1, 0.15) is 5.75 Å². The summed E-state index contributed by atoms with van der Waals surface area (Å²) >= 11 is 0. The van der Waals surface area contributed by atoms with E-state index in [0.29, 0.717) is 0 Å². The van der Waals surface area contributed by atoms with Gasteiger partial charge in [0.2, 0.25) is 0 Å². The maximum atomic E-state index is 9.51. The highest BCUT2D eigenvalue weighted by Crippen LogP contribution is 2.23. The number of aryl methyl sites for hydroxylation is 1. The van der Waals surface area contributed by atoms with E-state index in [4.69, 9.17) is 0 Å². The van der Waals surface area contributed by atoms with Crippen LogP contribution in [0.2, 0.25) is 0 Å².